The van der Waals surface area contributed by atoms with E-state index in [2.05, 4.69) is 41.5 Å². The normalized spacial score (nSPS) is 10.7. The molecule has 2 amide bonds. The maximum Gasteiger partial charge on any atom is 0.321 e. The van der Waals surface area contributed by atoms with Gasteiger partial charge in [0.25, 0.3) is 0 Å². The first kappa shape index (κ1) is 20.6. The van der Waals surface area contributed by atoms with E-state index >= 15 is 0 Å². The molecule has 0 saturated heterocycles. The number of halogens is 1. The van der Waals surface area contributed by atoms with E-state index in [-0.39, 0.29) is 6.03 Å². The number of hydrogen-bond acceptors (Lipinski definition) is 6. The minimum absolute atomic E-state index is 0.305. The lowest BCUT2D eigenvalue weighted by atomic mass is 10.2. The number of thiazole rings is 1. The van der Waals surface area contributed by atoms with Gasteiger partial charge in [-0.2, -0.15) is 0 Å². The molecule has 4 rings (SSSR count). The van der Waals surface area contributed by atoms with Crippen molar-refractivity contribution in [3.05, 3.63) is 71.4 Å². The highest BCUT2D eigenvalue weighted by Gasteiger charge is 2.11. The summed E-state index contributed by atoms with van der Waals surface area (Å²) in [6.07, 6.45) is 5.42. The third kappa shape index (κ3) is 5.26. The molecular formula is C20H17BrN6OS2. The first-order valence-corrected chi connectivity index (χ1v) is 11.4. The van der Waals surface area contributed by atoms with E-state index in [0.29, 0.717) is 11.7 Å². The van der Waals surface area contributed by atoms with E-state index in [1.165, 1.54) is 23.1 Å². The molecule has 1 aromatic carbocycles. The Labute approximate surface area is 190 Å². The lowest BCUT2D eigenvalue weighted by Gasteiger charge is -2.05. The predicted octanol–water partition coefficient (Wildman–Crippen LogP) is 5.17. The van der Waals surface area contributed by atoms with E-state index in [0.717, 1.165) is 30.8 Å². The average molecular weight is 501 g/mol. The number of aromatic nitrogens is 4. The predicted molar refractivity (Wildman–Crippen MR) is 123 cm³/mol. The number of carbonyl (C=O) groups excluding carboxylic acids is 1. The van der Waals surface area contributed by atoms with Crippen molar-refractivity contribution in [1.29, 1.82) is 0 Å². The van der Waals surface area contributed by atoms with Crippen LogP contribution in [0.1, 0.15) is 5.82 Å². The average Bonchev–Trinajstić information content (AvgIpc) is 3.34. The van der Waals surface area contributed by atoms with Crippen LogP contribution in [0.15, 0.2) is 74.8 Å². The first-order valence-electron chi connectivity index (χ1n) is 8.94. The molecule has 0 aliphatic heterocycles. The summed E-state index contributed by atoms with van der Waals surface area (Å²) in [5, 5.41) is 7.00. The van der Waals surface area contributed by atoms with Crippen molar-refractivity contribution >= 4 is 50.2 Å². The van der Waals surface area contributed by atoms with E-state index in [1.54, 1.807) is 12.4 Å². The van der Waals surface area contributed by atoms with Gasteiger partial charge >= 0.3 is 6.03 Å². The molecule has 0 atom stereocenters. The van der Waals surface area contributed by atoms with Gasteiger partial charge in [0.2, 0.25) is 0 Å². The van der Waals surface area contributed by atoms with Crippen LogP contribution < -0.4 is 10.6 Å². The van der Waals surface area contributed by atoms with Crippen molar-refractivity contribution in [1.82, 2.24) is 24.8 Å². The zero-order valence-electron chi connectivity index (χ0n) is 15.9. The zero-order chi connectivity index (χ0) is 20.9. The number of urea groups is 1. The van der Waals surface area contributed by atoms with Crippen LogP contribution in [-0.4, -0.2) is 25.6 Å². The van der Waals surface area contributed by atoms with Crippen LogP contribution in [0.4, 0.5) is 9.93 Å². The largest absolute Gasteiger partial charge is 0.336 e. The fraction of sp³-hybridized carbons (Fsp3) is 0.100. The fourth-order valence-corrected chi connectivity index (χ4v) is 4.64. The number of imidazole rings is 1. The second-order valence-corrected chi connectivity index (χ2v) is 9.49. The van der Waals surface area contributed by atoms with Gasteiger partial charge in [0.05, 0.1) is 22.6 Å². The summed E-state index contributed by atoms with van der Waals surface area (Å²) >= 11 is 6.34. The monoisotopic (exact) mass is 500 g/mol. The third-order valence-corrected chi connectivity index (χ3v) is 6.56. The summed E-state index contributed by atoms with van der Waals surface area (Å²) in [5.74, 6) is 0.758. The van der Waals surface area contributed by atoms with Crippen molar-refractivity contribution in [3.8, 4) is 11.3 Å². The SMILES string of the molecule is Cn1cc(-c2ccc(Br)cc2)nc1CNC(=O)Nc1ncc(Sc2ccccn2)s1. The van der Waals surface area contributed by atoms with Crippen LogP contribution in [0, 0.1) is 0 Å². The van der Waals surface area contributed by atoms with Gasteiger partial charge in [-0.15, -0.1) is 0 Å². The second-order valence-electron chi connectivity index (χ2n) is 6.22. The zero-order valence-corrected chi connectivity index (χ0v) is 19.1. The molecule has 0 aliphatic carbocycles. The van der Waals surface area contributed by atoms with E-state index in [1.807, 2.05) is 60.3 Å². The highest BCUT2D eigenvalue weighted by Crippen LogP contribution is 2.32. The van der Waals surface area contributed by atoms with Crippen LogP contribution >= 0.6 is 39.0 Å². The lowest BCUT2D eigenvalue weighted by Crippen LogP contribution is -2.29. The molecule has 0 radical (unpaired) electrons. The molecule has 0 aliphatic rings. The number of nitrogens with one attached hydrogen (secondary N) is 2. The molecule has 30 heavy (non-hydrogen) atoms. The minimum Gasteiger partial charge on any atom is -0.336 e. The number of nitrogens with zero attached hydrogens (tertiary/aromatic N) is 4. The van der Waals surface area contributed by atoms with Gasteiger partial charge in [0.15, 0.2) is 5.13 Å². The molecule has 0 bridgehead atoms. The number of benzene rings is 1. The van der Waals surface area contributed by atoms with Crippen molar-refractivity contribution < 1.29 is 4.79 Å². The number of carbonyl (C=O) groups is 1. The summed E-state index contributed by atoms with van der Waals surface area (Å²) in [7, 11) is 1.91. The molecule has 0 fully saturated rings. The second kappa shape index (κ2) is 9.41. The number of amides is 2. The highest BCUT2D eigenvalue weighted by molar-refractivity contribution is 9.10. The van der Waals surface area contributed by atoms with Gasteiger partial charge in [-0.25, -0.2) is 19.7 Å². The number of pyridine rings is 1. The standard InChI is InChI=1S/C20H17BrN6OS2/c1-27-12-15(13-5-7-14(21)8-6-13)25-16(27)10-23-19(28)26-20-24-11-18(30-20)29-17-4-2-3-9-22-17/h2-9,11-12H,10H2,1H3,(H2,23,24,26,28). The molecule has 0 unspecified atom stereocenters. The minimum atomic E-state index is -0.327. The van der Waals surface area contributed by atoms with Gasteiger partial charge in [-0.05, 0) is 24.3 Å². The number of anilines is 1. The Morgan fingerprint density at radius 3 is 2.80 bits per heavy atom. The number of rotatable bonds is 6. The summed E-state index contributed by atoms with van der Waals surface area (Å²) in [6.45, 7) is 0.305. The molecule has 0 spiro atoms. The maximum atomic E-state index is 12.3. The molecule has 7 nitrogen and oxygen atoms in total. The summed E-state index contributed by atoms with van der Waals surface area (Å²) < 4.78 is 3.87. The third-order valence-electron chi connectivity index (χ3n) is 4.07. The van der Waals surface area contributed by atoms with Crippen LogP contribution in [0.5, 0.6) is 0 Å². The Morgan fingerprint density at radius 1 is 1.20 bits per heavy atom. The van der Waals surface area contributed by atoms with Crippen molar-refractivity contribution in [2.45, 2.75) is 15.8 Å². The highest BCUT2D eigenvalue weighted by atomic mass is 79.9. The Morgan fingerprint density at radius 2 is 2.03 bits per heavy atom. The van der Waals surface area contributed by atoms with E-state index in [9.17, 15) is 4.79 Å². The Hall–Kier alpha value is -2.69. The van der Waals surface area contributed by atoms with Crippen molar-refractivity contribution in [2.24, 2.45) is 7.05 Å². The van der Waals surface area contributed by atoms with Gasteiger partial charge < -0.3 is 9.88 Å². The quantitative estimate of drug-likeness (QED) is 0.381. The topological polar surface area (TPSA) is 84.7 Å². The van der Waals surface area contributed by atoms with Gasteiger partial charge in [-0.3, -0.25) is 5.32 Å². The van der Waals surface area contributed by atoms with Gasteiger partial charge in [0.1, 0.15) is 10.9 Å². The van der Waals surface area contributed by atoms with Crippen LogP contribution in [-0.2, 0) is 13.6 Å². The maximum absolute atomic E-state index is 12.3. The smallest absolute Gasteiger partial charge is 0.321 e. The van der Waals surface area contributed by atoms with Crippen LogP contribution in [0.3, 0.4) is 0 Å². The lowest BCUT2D eigenvalue weighted by molar-refractivity contribution is 0.251. The molecule has 4 aromatic rings. The number of aryl methyl sites for hydroxylation is 1. The molecule has 3 aromatic heterocycles. The van der Waals surface area contributed by atoms with Crippen molar-refractivity contribution in [2.75, 3.05) is 5.32 Å². The van der Waals surface area contributed by atoms with E-state index < -0.39 is 0 Å². The van der Waals surface area contributed by atoms with Gasteiger partial charge in [0, 0.05) is 29.5 Å². The first-order chi connectivity index (χ1) is 14.6. The Kier molecular flexibility index (Phi) is 6.46. The molecule has 10 heteroatoms. The van der Waals surface area contributed by atoms with Crippen LogP contribution in [0.25, 0.3) is 11.3 Å². The molecule has 2 N–H and O–H groups in total. The van der Waals surface area contributed by atoms with Gasteiger partial charge in [-0.1, -0.05) is 57.2 Å². The summed E-state index contributed by atoms with van der Waals surface area (Å²) in [6, 6.07) is 13.4. The molecule has 3 heterocycles. The Bertz CT molecular complexity index is 1140. The molecule has 152 valence electrons. The number of hydrogen-bond donors (Lipinski definition) is 2. The summed E-state index contributed by atoms with van der Waals surface area (Å²) in [4.78, 5) is 25.4. The molecular weight excluding hydrogens is 484 g/mol. The van der Waals surface area contributed by atoms with Crippen LogP contribution in [0.2, 0.25) is 0 Å². The fourth-order valence-electron chi connectivity index (χ4n) is 2.60. The van der Waals surface area contributed by atoms with E-state index in [4.69, 9.17) is 0 Å². The summed E-state index contributed by atoms with van der Waals surface area (Å²) in [5.41, 5.74) is 1.88. The molecule has 0 saturated carbocycles. The Balaban J connectivity index is 1.32. The van der Waals surface area contributed by atoms with Crippen molar-refractivity contribution in [3.63, 3.8) is 0 Å².